The van der Waals surface area contributed by atoms with Gasteiger partial charge in [0.25, 0.3) is 0 Å². The Morgan fingerprint density at radius 1 is 1.17 bits per heavy atom. The van der Waals surface area contributed by atoms with Crippen LogP contribution in [0.15, 0.2) is 72.8 Å². The second kappa shape index (κ2) is 9.59. The number of halogens is 3. The summed E-state index contributed by atoms with van der Waals surface area (Å²) in [5.41, 5.74) is 2.62. The van der Waals surface area contributed by atoms with Crippen molar-refractivity contribution in [3.8, 4) is 0 Å². The summed E-state index contributed by atoms with van der Waals surface area (Å²) in [6, 6.07) is 12.4. The molecule has 0 aromatic heterocycles. The van der Waals surface area contributed by atoms with Crippen LogP contribution in [0.2, 0.25) is 0 Å². The highest BCUT2D eigenvalue weighted by molar-refractivity contribution is 5.77. The summed E-state index contributed by atoms with van der Waals surface area (Å²) in [4.78, 5) is 10.9. The van der Waals surface area contributed by atoms with Crippen LogP contribution in [0.4, 0.5) is 13.2 Å². The number of carboxylic acid groups (broad SMARTS) is 1. The lowest BCUT2D eigenvalue weighted by Crippen LogP contribution is -2.12. The number of hydrogen-bond donors (Lipinski definition) is 1. The molecule has 0 heterocycles. The van der Waals surface area contributed by atoms with E-state index in [0.717, 1.165) is 28.8 Å². The lowest BCUT2D eigenvalue weighted by atomic mass is 9.96. The number of aliphatic carboxylic acids is 1. The van der Waals surface area contributed by atoms with Gasteiger partial charge in [0.05, 0.1) is 24.7 Å². The highest BCUT2D eigenvalue weighted by Crippen LogP contribution is 2.29. The molecule has 0 bridgehead atoms. The molecule has 1 N–H and O–H groups in total. The van der Waals surface area contributed by atoms with Crippen LogP contribution >= 0.6 is 0 Å². The van der Waals surface area contributed by atoms with Crippen LogP contribution in [0.5, 0.6) is 0 Å². The van der Waals surface area contributed by atoms with Crippen LogP contribution < -0.4 is 0 Å². The minimum Gasteiger partial charge on any atom is -0.481 e. The third-order valence-corrected chi connectivity index (χ3v) is 4.60. The van der Waals surface area contributed by atoms with Crippen LogP contribution in [-0.2, 0) is 22.1 Å². The van der Waals surface area contributed by atoms with Gasteiger partial charge in [-0.05, 0) is 46.9 Å². The van der Waals surface area contributed by atoms with Gasteiger partial charge in [-0.3, -0.25) is 4.79 Å². The van der Waals surface area contributed by atoms with Gasteiger partial charge in [-0.1, -0.05) is 60.7 Å². The van der Waals surface area contributed by atoms with Crippen LogP contribution in [0.25, 0.3) is 11.6 Å². The minimum absolute atomic E-state index is 0.0283. The SMILES string of the molecule is O=C(O)Cc1cccc(C2=CC(OC/C=C/c3ccc(C(F)(F)F)cc3)CC=C2)c1. The van der Waals surface area contributed by atoms with Gasteiger partial charge in [-0.2, -0.15) is 13.2 Å². The van der Waals surface area contributed by atoms with E-state index in [9.17, 15) is 18.0 Å². The molecule has 0 aliphatic heterocycles. The molecule has 1 aliphatic carbocycles. The first-order chi connectivity index (χ1) is 14.3. The molecule has 156 valence electrons. The van der Waals surface area contributed by atoms with Gasteiger partial charge >= 0.3 is 12.1 Å². The first-order valence-electron chi connectivity index (χ1n) is 9.46. The monoisotopic (exact) mass is 414 g/mol. The molecule has 2 aromatic rings. The molecular formula is C24H21F3O3. The predicted octanol–water partition coefficient (Wildman–Crippen LogP) is 5.77. The Bertz CT molecular complexity index is 970. The van der Waals surface area contributed by atoms with E-state index in [0.29, 0.717) is 18.6 Å². The van der Waals surface area contributed by atoms with E-state index in [1.54, 1.807) is 18.2 Å². The summed E-state index contributed by atoms with van der Waals surface area (Å²) in [7, 11) is 0. The fourth-order valence-electron chi connectivity index (χ4n) is 3.14. The van der Waals surface area contributed by atoms with Crippen molar-refractivity contribution in [2.75, 3.05) is 6.61 Å². The molecule has 3 nitrogen and oxygen atoms in total. The topological polar surface area (TPSA) is 46.5 Å². The summed E-state index contributed by atoms with van der Waals surface area (Å²) in [6.45, 7) is 0.322. The van der Waals surface area contributed by atoms with Crippen molar-refractivity contribution in [1.82, 2.24) is 0 Å². The van der Waals surface area contributed by atoms with Gasteiger partial charge in [0.2, 0.25) is 0 Å². The lowest BCUT2D eigenvalue weighted by molar-refractivity contribution is -0.138. The molecule has 1 atom stereocenters. The number of carbonyl (C=O) groups is 1. The van der Waals surface area contributed by atoms with Gasteiger partial charge in [0.15, 0.2) is 0 Å². The average molecular weight is 414 g/mol. The first kappa shape index (κ1) is 21.6. The van der Waals surface area contributed by atoms with Crippen LogP contribution in [0, 0.1) is 0 Å². The second-order valence-electron chi connectivity index (χ2n) is 6.92. The smallest absolute Gasteiger partial charge is 0.416 e. The fraction of sp³-hybridized carbons (Fsp3) is 0.208. The molecule has 0 amide bonds. The fourth-order valence-corrected chi connectivity index (χ4v) is 3.14. The van der Waals surface area contributed by atoms with E-state index in [4.69, 9.17) is 9.84 Å². The molecule has 6 heteroatoms. The van der Waals surface area contributed by atoms with Crippen molar-refractivity contribution in [3.05, 3.63) is 95.1 Å². The summed E-state index contributed by atoms with van der Waals surface area (Å²) >= 11 is 0. The maximum absolute atomic E-state index is 12.6. The number of carboxylic acids is 1. The molecule has 0 spiro atoms. The Kier molecular flexibility index (Phi) is 6.90. The Balaban J connectivity index is 1.57. The number of benzene rings is 2. The quantitative estimate of drug-likeness (QED) is 0.625. The Hall–Kier alpha value is -3.12. The Morgan fingerprint density at radius 2 is 1.93 bits per heavy atom. The van der Waals surface area contributed by atoms with Crippen LogP contribution in [0.3, 0.4) is 0 Å². The van der Waals surface area contributed by atoms with Crippen molar-refractivity contribution in [1.29, 1.82) is 0 Å². The number of allylic oxidation sites excluding steroid dienone is 2. The molecule has 0 saturated heterocycles. The maximum Gasteiger partial charge on any atom is 0.416 e. The number of ether oxygens (including phenoxy) is 1. The molecule has 3 rings (SSSR count). The number of hydrogen-bond acceptors (Lipinski definition) is 2. The maximum atomic E-state index is 12.6. The molecule has 0 radical (unpaired) electrons. The largest absolute Gasteiger partial charge is 0.481 e. The zero-order valence-electron chi connectivity index (χ0n) is 16.1. The van der Waals surface area contributed by atoms with Gasteiger partial charge in [0.1, 0.15) is 0 Å². The average Bonchev–Trinajstić information content (AvgIpc) is 2.71. The van der Waals surface area contributed by atoms with Gasteiger partial charge in [0, 0.05) is 0 Å². The van der Waals surface area contributed by atoms with E-state index >= 15 is 0 Å². The summed E-state index contributed by atoms with van der Waals surface area (Å²) in [6.07, 6.45) is 5.68. The molecular weight excluding hydrogens is 393 g/mol. The van der Waals surface area contributed by atoms with Crippen molar-refractivity contribution >= 4 is 17.6 Å². The summed E-state index contributed by atoms with van der Waals surface area (Å²) < 4.78 is 43.6. The van der Waals surface area contributed by atoms with Gasteiger partial charge < -0.3 is 9.84 Å². The number of alkyl halides is 3. The third kappa shape index (κ3) is 6.19. The van der Waals surface area contributed by atoms with Crippen molar-refractivity contribution in [3.63, 3.8) is 0 Å². The standard InChI is InChI=1S/C24H21F3O3/c25-24(26,27)21-11-9-17(10-12-21)5-3-13-30-22-8-2-7-20(16-22)19-6-1-4-18(14-19)15-23(28)29/h1-7,9-12,14,16,22H,8,13,15H2,(H,28,29)/b5-3+. The zero-order valence-corrected chi connectivity index (χ0v) is 16.1. The highest BCUT2D eigenvalue weighted by atomic mass is 19.4. The molecule has 2 aromatic carbocycles. The normalized spacial score (nSPS) is 16.6. The molecule has 0 fully saturated rings. The molecule has 30 heavy (non-hydrogen) atoms. The highest BCUT2D eigenvalue weighted by Gasteiger charge is 2.29. The van der Waals surface area contributed by atoms with Gasteiger partial charge in [-0.15, -0.1) is 0 Å². The van der Waals surface area contributed by atoms with E-state index in [-0.39, 0.29) is 12.5 Å². The van der Waals surface area contributed by atoms with Crippen molar-refractivity contribution in [2.45, 2.75) is 25.1 Å². The minimum atomic E-state index is -4.34. The van der Waals surface area contributed by atoms with E-state index in [1.807, 2.05) is 36.4 Å². The van der Waals surface area contributed by atoms with Crippen LogP contribution in [0.1, 0.15) is 28.7 Å². The van der Waals surface area contributed by atoms with E-state index < -0.39 is 17.7 Å². The second-order valence-corrected chi connectivity index (χ2v) is 6.92. The lowest BCUT2D eigenvalue weighted by Gasteiger charge is -2.17. The van der Waals surface area contributed by atoms with Gasteiger partial charge in [-0.25, -0.2) is 0 Å². The zero-order chi connectivity index (χ0) is 21.6. The van der Waals surface area contributed by atoms with Crippen molar-refractivity contribution in [2.24, 2.45) is 0 Å². The number of rotatable bonds is 7. The van der Waals surface area contributed by atoms with E-state index in [1.165, 1.54) is 12.1 Å². The van der Waals surface area contributed by atoms with E-state index in [2.05, 4.69) is 0 Å². The Labute approximate surface area is 172 Å². The predicted molar refractivity (Wildman–Crippen MR) is 110 cm³/mol. The summed E-state index contributed by atoms with van der Waals surface area (Å²) in [5, 5.41) is 8.96. The first-order valence-corrected chi connectivity index (χ1v) is 9.46. The molecule has 1 aliphatic rings. The Morgan fingerprint density at radius 3 is 2.63 bits per heavy atom. The van der Waals surface area contributed by atoms with Crippen molar-refractivity contribution < 1.29 is 27.8 Å². The third-order valence-electron chi connectivity index (χ3n) is 4.60. The molecule has 1 unspecified atom stereocenters. The molecule has 0 saturated carbocycles. The summed E-state index contributed by atoms with van der Waals surface area (Å²) in [5.74, 6) is -0.874. The van der Waals surface area contributed by atoms with Crippen LogP contribution in [-0.4, -0.2) is 23.8 Å².